The quantitative estimate of drug-likeness (QED) is 0.545. The van der Waals surface area contributed by atoms with E-state index in [1.54, 1.807) is 31.3 Å². The molecule has 1 heterocycles. The molecule has 0 aliphatic rings. The van der Waals surface area contributed by atoms with Gasteiger partial charge >= 0.3 is 0 Å². The zero-order chi connectivity index (χ0) is 18.9. The van der Waals surface area contributed by atoms with Crippen LogP contribution in [-0.4, -0.2) is 22.3 Å². The molecule has 0 bridgehead atoms. The van der Waals surface area contributed by atoms with Crippen molar-refractivity contribution in [1.82, 2.24) is 15.1 Å². The summed E-state index contributed by atoms with van der Waals surface area (Å²) in [4.78, 5) is 12.2. The molecule has 5 nitrogen and oxygen atoms in total. The van der Waals surface area contributed by atoms with Crippen LogP contribution in [0, 0.1) is 12.7 Å². The number of aromatic nitrogens is 2. The maximum atomic E-state index is 14.5. The summed E-state index contributed by atoms with van der Waals surface area (Å²) in [5.41, 5.74) is 1.58. The Morgan fingerprint density at radius 3 is 2.81 bits per heavy atom. The van der Waals surface area contributed by atoms with Gasteiger partial charge in [-0.15, -0.1) is 0 Å². The summed E-state index contributed by atoms with van der Waals surface area (Å²) in [6.07, 6.45) is 7.03. The van der Waals surface area contributed by atoms with E-state index in [4.69, 9.17) is 4.74 Å². The second-order valence-electron chi connectivity index (χ2n) is 6.10. The molecule has 0 unspecified atom stereocenters. The number of aryl methyl sites for hydroxylation is 2. The number of rotatable bonds is 9. The number of ether oxygens (including phenoxy) is 1. The van der Waals surface area contributed by atoms with Crippen LogP contribution in [0.2, 0.25) is 0 Å². The number of carbonyl (C=O) groups excluding carboxylic acids is 1. The van der Waals surface area contributed by atoms with Crippen molar-refractivity contribution in [2.75, 3.05) is 6.61 Å². The van der Waals surface area contributed by atoms with Gasteiger partial charge < -0.3 is 10.1 Å². The van der Waals surface area contributed by atoms with Crippen molar-refractivity contribution in [2.45, 2.75) is 39.7 Å². The summed E-state index contributed by atoms with van der Waals surface area (Å²) < 4.78 is 21.6. The number of nitrogens with one attached hydrogen (secondary N) is 1. The van der Waals surface area contributed by atoms with Crippen molar-refractivity contribution in [3.8, 4) is 5.75 Å². The van der Waals surface area contributed by atoms with Crippen molar-refractivity contribution in [2.24, 2.45) is 7.05 Å². The first-order valence-electron chi connectivity index (χ1n) is 8.87. The first-order chi connectivity index (χ1) is 12.5. The van der Waals surface area contributed by atoms with Gasteiger partial charge in [-0.05, 0) is 31.9 Å². The van der Waals surface area contributed by atoms with Gasteiger partial charge in [0, 0.05) is 19.2 Å². The minimum absolute atomic E-state index is 0.0858. The van der Waals surface area contributed by atoms with E-state index in [-0.39, 0.29) is 18.2 Å². The summed E-state index contributed by atoms with van der Waals surface area (Å²) in [5, 5.41) is 6.86. The van der Waals surface area contributed by atoms with Crippen molar-refractivity contribution < 1.29 is 13.9 Å². The summed E-state index contributed by atoms with van der Waals surface area (Å²) in [7, 11) is 1.70. The summed E-state index contributed by atoms with van der Waals surface area (Å²) >= 11 is 0. The first kappa shape index (κ1) is 19.7. The van der Waals surface area contributed by atoms with Gasteiger partial charge in [0.2, 0.25) is 0 Å². The van der Waals surface area contributed by atoms with E-state index in [0.29, 0.717) is 17.9 Å². The van der Waals surface area contributed by atoms with E-state index >= 15 is 0 Å². The topological polar surface area (TPSA) is 56.1 Å². The van der Waals surface area contributed by atoms with E-state index in [1.165, 1.54) is 4.68 Å². The van der Waals surface area contributed by atoms with Crippen molar-refractivity contribution >= 4 is 5.91 Å². The largest absolute Gasteiger partial charge is 0.490 e. The third-order valence-electron chi connectivity index (χ3n) is 3.88. The summed E-state index contributed by atoms with van der Waals surface area (Å²) in [5.74, 6) is -0.525. The molecule has 1 aromatic heterocycles. The molecule has 6 heteroatoms. The molecule has 0 saturated carbocycles. The Morgan fingerprint density at radius 2 is 2.12 bits per heavy atom. The zero-order valence-electron chi connectivity index (χ0n) is 15.6. The number of benzene rings is 1. The van der Waals surface area contributed by atoms with Crippen LogP contribution in [0.25, 0.3) is 0 Å². The Labute approximate surface area is 153 Å². The SMILES string of the molecule is CCCC=CCCOc1cccc(CNC(=O)c2cc(C)nn2C)c1F. The average molecular weight is 359 g/mol. The molecular weight excluding hydrogens is 333 g/mol. The number of halogens is 1. The number of hydrogen-bond acceptors (Lipinski definition) is 3. The van der Waals surface area contributed by atoms with Crippen LogP contribution in [0.4, 0.5) is 4.39 Å². The molecule has 1 amide bonds. The van der Waals surface area contributed by atoms with Crippen LogP contribution < -0.4 is 10.1 Å². The third-order valence-corrected chi connectivity index (χ3v) is 3.88. The van der Waals surface area contributed by atoms with E-state index in [1.807, 2.05) is 13.0 Å². The van der Waals surface area contributed by atoms with Crippen LogP contribution >= 0.6 is 0 Å². The Morgan fingerprint density at radius 1 is 1.35 bits per heavy atom. The minimum atomic E-state index is -0.438. The predicted octanol–water partition coefficient (Wildman–Crippen LogP) is 3.92. The van der Waals surface area contributed by atoms with Crippen LogP contribution in [0.15, 0.2) is 36.4 Å². The fourth-order valence-electron chi connectivity index (χ4n) is 2.53. The smallest absolute Gasteiger partial charge is 0.269 e. The molecule has 26 heavy (non-hydrogen) atoms. The van der Waals surface area contributed by atoms with Gasteiger partial charge in [0.25, 0.3) is 5.91 Å². The van der Waals surface area contributed by atoms with Gasteiger partial charge in [-0.25, -0.2) is 4.39 Å². The Hall–Kier alpha value is -2.63. The van der Waals surface area contributed by atoms with E-state index in [0.717, 1.165) is 25.0 Å². The lowest BCUT2D eigenvalue weighted by molar-refractivity contribution is 0.0941. The summed E-state index contributed by atoms with van der Waals surface area (Å²) in [6, 6.07) is 6.65. The lowest BCUT2D eigenvalue weighted by Crippen LogP contribution is -2.25. The standard InChI is InChI=1S/C20H26FN3O2/c1-4-5-6-7-8-12-26-18-11-9-10-16(19(18)21)14-22-20(25)17-13-15(2)23-24(17)3/h6-7,9-11,13H,4-5,8,12,14H2,1-3H3,(H,22,25). The lowest BCUT2D eigenvalue weighted by Gasteiger charge is -2.10. The monoisotopic (exact) mass is 359 g/mol. The van der Waals surface area contributed by atoms with E-state index in [9.17, 15) is 9.18 Å². The van der Waals surface area contributed by atoms with Crippen molar-refractivity contribution in [1.29, 1.82) is 0 Å². The fourth-order valence-corrected chi connectivity index (χ4v) is 2.53. The number of amides is 1. The molecule has 0 radical (unpaired) electrons. The normalized spacial score (nSPS) is 11.1. The Bertz CT molecular complexity index is 768. The molecular formula is C20H26FN3O2. The molecule has 0 atom stereocenters. The van der Waals surface area contributed by atoms with E-state index < -0.39 is 5.82 Å². The van der Waals surface area contributed by atoms with Gasteiger partial charge in [0.05, 0.1) is 12.3 Å². The number of hydrogen-bond donors (Lipinski definition) is 1. The van der Waals surface area contributed by atoms with Crippen LogP contribution in [-0.2, 0) is 13.6 Å². The van der Waals surface area contributed by atoms with Crippen molar-refractivity contribution in [3.63, 3.8) is 0 Å². The molecule has 0 aliphatic carbocycles. The molecule has 0 spiro atoms. The highest BCUT2D eigenvalue weighted by Gasteiger charge is 2.14. The molecule has 2 rings (SSSR count). The second kappa shape index (κ2) is 9.75. The molecule has 140 valence electrons. The first-order valence-corrected chi connectivity index (χ1v) is 8.87. The van der Waals surface area contributed by atoms with Crippen LogP contribution in [0.1, 0.15) is 47.9 Å². The molecule has 0 fully saturated rings. The lowest BCUT2D eigenvalue weighted by atomic mass is 10.2. The predicted molar refractivity (Wildman–Crippen MR) is 99.7 cm³/mol. The Balaban J connectivity index is 1.91. The highest BCUT2D eigenvalue weighted by atomic mass is 19.1. The number of allylic oxidation sites excluding steroid dienone is 1. The molecule has 0 saturated heterocycles. The van der Waals surface area contributed by atoms with E-state index in [2.05, 4.69) is 23.4 Å². The van der Waals surface area contributed by atoms with Gasteiger partial charge in [-0.1, -0.05) is 37.6 Å². The number of nitrogens with zero attached hydrogens (tertiary/aromatic N) is 2. The van der Waals surface area contributed by atoms with Crippen LogP contribution in [0.3, 0.4) is 0 Å². The third kappa shape index (κ3) is 5.44. The van der Waals surface area contributed by atoms with Gasteiger partial charge in [-0.2, -0.15) is 5.10 Å². The number of carbonyl (C=O) groups is 1. The Kier molecular flexibility index (Phi) is 7.38. The summed E-state index contributed by atoms with van der Waals surface area (Å²) in [6.45, 7) is 4.44. The maximum Gasteiger partial charge on any atom is 0.269 e. The molecule has 1 aromatic carbocycles. The minimum Gasteiger partial charge on any atom is -0.490 e. The van der Waals surface area contributed by atoms with Gasteiger partial charge in [0.1, 0.15) is 5.69 Å². The average Bonchev–Trinajstić information content (AvgIpc) is 2.96. The zero-order valence-corrected chi connectivity index (χ0v) is 15.6. The maximum absolute atomic E-state index is 14.5. The highest BCUT2D eigenvalue weighted by molar-refractivity contribution is 5.92. The van der Waals surface area contributed by atoms with Crippen molar-refractivity contribution in [3.05, 3.63) is 59.2 Å². The molecule has 1 N–H and O–H groups in total. The van der Waals surface area contributed by atoms with Gasteiger partial charge in [0.15, 0.2) is 11.6 Å². The molecule has 0 aliphatic heterocycles. The van der Waals surface area contributed by atoms with Gasteiger partial charge in [-0.3, -0.25) is 9.48 Å². The fraction of sp³-hybridized carbons (Fsp3) is 0.400. The molecule has 2 aromatic rings. The second-order valence-corrected chi connectivity index (χ2v) is 6.10. The number of unbranched alkanes of at least 4 members (excludes halogenated alkanes) is 1. The highest BCUT2D eigenvalue weighted by Crippen LogP contribution is 2.20. The van der Waals surface area contributed by atoms with Crippen LogP contribution in [0.5, 0.6) is 5.75 Å².